The maximum absolute atomic E-state index is 5.45. The van der Waals surface area contributed by atoms with Gasteiger partial charge in [0.05, 0.1) is 14.2 Å². The number of ether oxygens (including phenoxy) is 2. The molecular weight excluding hydrogens is 262 g/mol. The van der Waals surface area contributed by atoms with Crippen LogP contribution in [0.3, 0.4) is 0 Å². The van der Waals surface area contributed by atoms with Gasteiger partial charge in [0.1, 0.15) is 11.5 Å². The van der Waals surface area contributed by atoms with Gasteiger partial charge in [-0.1, -0.05) is 25.1 Å². The van der Waals surface area contributed by atoms with Crippen molar-refractivity contribution in [1.29, 1.82) is 0 Å². The zero-order valence-corrected chi connectivity index (χ0v) is 13.0. The maximum atomic E-state index is 5.45. The van der Waals surface area contributed by atoms with Crippen LogP contribution in [0.5, 0.6) is 11.5 Å². The molecule has 3 heteroatoms. The van der Waals surface area contributed by atoms with E-state index in [4.69, 9.17) is 9.47 Å². The molecule has 2 rings (SSSR count). The molecule has 0 saturated heterocycles. The van der Waals surface area contributed by atoms with E-state index in [1.807, 2.05) is 24.3 Å². The number of hydrogen-bond donors (Lipinski definition) is 0. The van der Waals surface area contributed by atoms with Crippen molar-refractivity contribution in [3.05, 3.63) is 54.1 Å². The molecule has 2 aromatic rings. The Balaban J connectivity index is 2.21. The minimum Gasteiger partial charge on any atom is -0.497 e. The van der Waals surface area contributed by atoms with E-state index in [1.54, 1.807) is 14.2 Å². The Hall–Kier alpha value is -2.16. The van der Waals surface area contributed by atoms with E-state index in [0.717, 1.165) is 31.0 Å². The SMILES string of the molecule is CCCN(Cc1ccccc1OC)c1ccc(OC)cc1. The van der Waals surface area contributed by atoms with Gasteiger partial charge in [0.2, 0.25) is 0 Å². The molecule has 112 valence electrons. The topological polar surface area (TPSA) is 21.7 Å². The Labute approximate surface area is 127 Å². The van der Waals surface area contributed by atoms with Crippen LogP contribution in [0.2, 0.25) is 0 Å². The van der Waals surface area contributed by atoms with Gasteiger partial charge in [-0.05, 0) is 36.8 Å². The van der Waals surface area contributed by atoms with Gasteiger partial charge in [0.25, 0.3) is 0 Å². The molecule has 0 saturated carbocycles. The summed E-state index contributed by atoms with van der Waals surface area (Å²) in [6.07, 6.45) is 1.10. The number of anilines is 1. The third kappa shape index (κ3) is 3.91. The van der Waals surface area contributed by atoms with Gasteiger partial charge in [0, 0.05) is 24.3 Å². The molecule has 0 spiro atoms. The van der Waals surface area contributed by atoms with Crippen molar-refractivity contribution in [3.8, 4) is 11.5 Å². The predicted molar refractivity (Wildman–Crippen MR) is 87.3 cm³/mol. The first-order chi connectivity index (χ1) is 10.3. The summed E-state index contributed by atoms with van der Waals surface area (Å²) in [6.45, 7) is 4.04. The van der Waals surface area contributed by atoms with E-state index in [-0.39, 0.29) is 0 Å². The highest BCUT2D eigenvalue weighted by Crippen LogP contribution is 2.25. The third-order valence-electron chi connectivity index (χ3n) is 3.48. The molecule has 0 bridgehead atoms. The zero-order chi connectivity index (χ0) is 15.1. The number of para-hydroxylation sites is 1. The summed E-state index contributed by atoms with van der Waals surface area (Å²) in [7, 11) is 3.41. The van der Waals surface area contributed by atoms with Crippen LogP contribution in [0, 0.1) is 0 Å². The Morgan fingerprint density at radius 3 is 2.24 bits per heavy atom. The first kappa shape index (κ1) is 15.2. The van der Waals surface area contributed by atoms with Crippen LogP contribution in [0.4, 0.5) is 5.69 Å². The van der Waals surface area contributed by atoms with Crippen LogP contribution >= 0.6 is 0 Å². The first-order valence-electron chi connectivity index (χ1n) is 7.29. The lowest BCUT2D eigenvalue weighted by Gasteiger charge is -2.25. The van der Waals surface area contributed by atoms with Gasteiger partial charge in [-0.25, -0.2) is 0 Å². The van der Waals surface area contributed by atoms with Crippen molar-refractivity contribution in [2.45, 2.75) is 19.9 Å². The van der Waals surface area contributed by atoms with Crippen LogP contribution in [0.25, 0.3) is 0 Å². The number of hydrogen-bond acceptors (Lipinski definition) is 3. The molecule has 0 heterocycles. The Morgan fingerprint density at radius 1 is 0.905 bits per heavy atom. The molecule has 0 N–H and O–H groups in total. The van der Waals surface area contributed by atoms with E-state index in [1.165, 1.54) is 11.3 Å². The summed E-state index contributed by atoms with van der Waals surface area (Å²) in [6, 6.07) is 16.4. The minimum atomic E-state index is 0.837. The largest absolute Gasteiger partial charge is 0.497 e. The molecule has 21 heavy (non-hydrogen) atoms. The Kier molecular flexibility index (Phi) is 5.50. The van der Waals surface area contributed by atoms with E-state index >= 15 is 0 Å². The molecule has 0 amide bonds. The molecule has 2 aromatic carbocycles. The average Bonchev–Trinajstić information content (AvgIpc) is 2.55. The molecular formula is C18H23NO2. The highest BCUT2D eigenvalue weighted by molar-refractivity contribution is 5.50. The van der Waals surface area contributed by atoms with Crippen molar-refractivity contribution in [1.82, 2.24) is 0 Å². The zero-order valence-electron chi connectivity index (χ0n) is 13.0. The molecule has 0 aliphatic heterocycles. The summed E-state index contributed by atoms with van der Waals surface area (Å²) in [5.41, 5.74) is 2.40. The van der Waals surface area contributed by atoms with Crippen LogP contribution in [0.1, 0.15) is 18.9 Å². The van der Waals surface area contributed by atoms with Crippen LogP contribution in [-0.4, -0.2) is 20.8 Å². The van der Waals surface area contributed by atoms with Crippen molar-refractivity contribution in [2.75, 3.05) is 25.7 Å². The number of methoxy groups -OCH3 is 2. The lowest BCUT2D eigenvalue weighted by atomic mass is 10.1. The van der Waals surface area contributed by atoms with Crippen molar-refractivity contribution in [2.24, 2.45) is 0 Å². The fraction of sp³-hybridized carbons (Fsp3) is 0.333. The highest BCUT2D eigenvalue weighted by atomic mass is 16.5. The molecule has 0 fully saturated rings. The van der Waals surface area contributed by atoms with Crippen LogP contribution in [0.15, 0.2) is 48.5 Å². The van der Waals surface area contributed by atoms with E-state index in [0.29, 0.717) is 0 Å². The van der Waals surface area contributed by atoms with Gasteiger partial charge < -0.3 is 14.4 Å². The quantitative estimate of drug-likeness (QED) is 0.764. The van der Waals surface area contributed by atoms with Gasteiger partial charge in [0.15, 0.2) is 0 Å². The van der Waals surface area contributed by atoms with Gasteiger partial charge in [-0.3, -0.25) is 0 Å². The lowest BCUT2D eigenvalue weighted by molar-refractivity contribution is 0.409. The fourth-order valence-corrected chi connectivity index (χ4v) is 2.40. The second kappa shape index (κ2) is 7.58. The Morgan fingerprint density at radius 2 is 1.62 bits per heavy atom. The number of benzene rings is 2. The summed E-state index contributed by atoms with van der Waals surface area (Å²) in [5.74, 6) is 1.82. The van der Waals surface area contributed by atoms with Crippen LogP contribution < -0.4 is 14.4 Å². The van der Waals surface area contributed by atoms with Gasteiger partial charge in [-0.2, -0.15) is 0 Å². The lowest BCUT2D eigenvalue weighted by Crippen LogP contribution is -2.23. The maximum Gasteiger partial charge on any atom is 0.123 e. The van der Waals surface area contributed by atoms with Gasteiger partial charge in [-0.15, -0.1) is 0 Å². The average molecular weight is 285 g/mol. The second-order valence-electron chi connectivity index (χ2n) is 4.93. The number of nitrogens with zero attached hydrogens (tertiary/aromatic N) is 1. The summed E-state index contributed by atoms with van der Waals surface area (Å²) < 4.78 is 10.7. The van der Waals surface area contributed by atoms with Crippen LogP contribution in [-0.2, 0) is 6.54 Å². The normalized spacial score (nSPS) is 10.2. The van der Waals surface area contributed by atoms with E-state index in [2.05, 4.69) is 36.1 Å². The molecule has 3 nitrogen and oxygen atoms in total. The minimum absolute atomic E-state index is 0.837. The van der Waals surface area contributed by atoms with E-state index < -0.39 is 0 Å². The molecule has 0 radical (unpaired) electrons. The predicted octanol–water partition coefficient (Wildman–Crippen LogP) is 4.12. The van der Waals surface area contributed by atoms with E-state index in [9.17, 15) is 0 Å². The van der Waals surface area contributed by atoms with Crippen molar-refractivity contribution >= 4 is 5.69 Å². The van der Waals surface area contributed by atoms with Crippen molar-refractivity contribution < 1.29 is 9.47 Å². The fourth-order valence-electron chi connectivity index (χ4n) is 2.40. The Bertz CT molecular complexity index is 551. The summed E-state index contributed by atoms with van der Waals surface area (Å²) in [5, 5.41) is 0. The first-order valence-corrected chi connectivity index (χ1v) is 7.29. The highest BCUT2D eigenvalue weighted by Gasteiger charge is 2.10. The van der Waals surface area contributed by atoms with Crippen molar-refractivity contribution in [3.63, 3.8) is 0 Å². The number of rotatable bonds is 7. The second-order valence-corrected chi connectivity index (χ2v) is 4.93. The summed E-state index contributed by atoms with van der Waals surface area (Å²) in [4.78, 5) is 2.36. The smallest absolute Gasteiger partial charge is 0.123 e. The molecule has 0 atom stereocenters. The third-order valence-corrected chi connectivity index (χ3v) is 3.48. The summed E-state index contributed by atoms with van der Waals surface area (Å²) >= 11 is 0. The monoisotopic (exact) mass is 285 g/mol. The molecule has 0 unspecified atom stereocenters. The standard InChI is InChI=1S/C18H23NO2/c1-4-13-19(16-9-11-17(20-2)12-10-16)14-15-7-5-6-8-18(15)21-3/h5-12H,4,13-14H2,1-3H3. The van der Waals surface area contributed by atoms with Gasteiger partial charge >= 0.3 is 0 Å². The molecule has 0 aliphatic carbocycles. The molecule has 0 aliphatic rings. The molecule has 0 aromatic heterocycles.